The average Bonchev–Trinajstić information content (AvgIpc) is 2.83. The number of carbonyl (C=O) groups is 3. The second kappa shape index (κ2) is 6.43. The molecule has 24 heavy (non-hydrogen) atoms. The maximum absolute atomic E-state index is 12.6. The predicted octanol–water partition coefficient (Wildman–Crippen LogP) is 2.06. The molecule has 1 aromatic rings. The van der Waals surface area contributed by atoms with Crippen LogP contribution in [0.5, 0.6) is 0 Å². The molecular formula is C17H19N3O4. The first-order valence-corrected chi connectivity index (χ1v) is 7.95. The van der Waals surface area contributed by atoms with Crippen LogP contribution in [0.25, 0.3) is 0 Å². The van der Waals surface area contributed by atoms with Crippen molar-refractivity contribution >= 4 is 24.1 Å². The van der Waals surface area contributed by atoms with Crippen LogP contribution in [0.15, 0.2) is 29.4 Å². The van der Waals surface area contributed by atoms with Gasteiger partial charge in [0.15, 0.2) is 0 Å². The van der Waals surface area contributed by atoms with Crippen LogP contribution >= 0.6 is 0 Å². The van der Waals surface area contributed by atoms with Crippen molar-refractivity contribution in [1.29, 1.82) is 0 Å². The molecule has 3 rings (SSSR count). The van der Waals surface area contributed by atoms with Crippen LogP contribution in [-0.2, 0) is 9.53 Å². The number of hydrogen-bond donors (Lipinski definition) is 1. The Kier molecular flexibility index (Phi) is 4.33. The van der Waals surface area contributed by atoms with Crippen molar-refractivity contribution in [2.24, 2.45) is 5.10 Å². The number of hydrazone groups is 1. The van der Waals surface area contributed by atoms with Gasteiger partial charge in [-0.3, -0.25) is 4.79 Å². The summed E-state index contributed by atoms with van der Waals surface area (Å²) in [6.45, 7) is 0. The number of nitrogens with zero attached hydrogens (tertiary/aromatic N) is 2. The molecule has 1 aromatic carbocycles. The van der Waals surface area contributed by atoms with E-state index in [-0.39, 0.29) is 5.91 Å². The molecule has 0 atom stereocenters. The Labute approximate surface area is 139 Å². The van der Waals surface area contributed by atoms with Gasteiger partial charge >= 0.3 is 12.0 Å². The van der Waals surface area contributed by atoms with E-state index in [0.29, 0.717) is 24.0 Å². The van der Waals surface area contributed by atoms with Crippen LogP contribution in [0.2, 0.25) is 0 Å². The molecule has 1 N–H and O–H groups in total. The number of nitrogens with one attached hydrogen (secondary N) is 1. The molecule has 1 aliphatic heterocycles. The zero-order valence-corrected chi connectivity index (χ0v) is 13.4. The molecule has 0 unspecified atom stereocenters. The third-order valence-electron chi connectivity index (χ3n) is 4.53. The quantitative estimate of drug-likeness (QED) is 0.522. The molecule has 1 spiro atoms. The number of hydrogen-bond acceptors (Lipinski definition) is 5. The summed E-state index contributed by atoms with van der Waals surface area (Å²) in [5.74, 6) is -0.822. The summed E-state index contributed by atoms with van der Waals surface area (Å²) in [6, 6.07) is 6.19. The van der Waals surface area contributed by atoms with Crippen molar-refractivity contribution in [3.05, 3.63) is 35.4 Å². The second-order valence-electron chi connectivity index (χ2n) is 6.01. The van der Waals surface area contributed by atoms with Gasteiger partial charge in [-0.2, -0.15) is 5.10 Å². The molecule has 0 radical (unpaired) electrons. The first-order chi connectivity index (χ1) is 11.6. The highest BCUT2D eigenvalue weighted by Gasteiger charge is 2.51. The highest BCUT2D eigenvalue weighted by Crippen LogP contribution is 2.33. The van der Waals surface area contributed by atoms with E-state index in [1.807, 2.05) is 0 Å². The largest absolute Gasteiger partial charge is 0.465 e. The molecule has 1 saturated heterocycles. The topological polar surface area (TPSA) is 88.1 Å². The van der Waals surface area contributed by atoms with Crippen LogP contribution in [0.3, 0.4) is 0 Å². The van der Waals surface area contributed by atoms with Crippen molar-refractivity contribution < 1.29 is 19.1 Å². The van der Waals surface area contributed by atoms with E-state index >= 15 is 0 Å². The zero-order chi connectivity index (χ0) is 17.2. The Balaban J connectivity index is 1.84. The van der Waals surface area contributed by atoms with E-state index < -0.39 is 17.5 Å². The Hall–Kier alpha value is -2.70. The summed E-state index contributed by atoms with van der Waals surface area (Å²) in [6.07, 6.45) is 5.51. The van der Waals surface area contributed by atoms with Gasteiger partial charge in [0, 0.05) is 5.56 Å². The van der Waals surface area contributed by atoms with Gasteiger partial charge in [0.25, 0.3) is 5.91 Å². The molecule has 1 aliphatic carbocycles. The highest BCUT2D eigenvalue weighted by atomic mass is 16.5. The third-order valence-corrected chi connectivity index (χ3v) is 4.53. The van der Waals surface area contributed by atoms with Gasteiger partial charge in [-0.25, -0.2) is 9.59 Å². The van der Waals surface area contributed by atoms with Gasteiger partial charge < -0.3 is 10.1 Å². The van der Waals surface area contributed by atoms with E-state index in [4.69, 9.17) is 4.74 Å². The summed E-state index contributed by atoms with van der Waals surface area (Å²) in [4.78, 5) is 36.5. The monoisotopic (exact) mass is 329 g/mol. The molecule has 2 aliphatic rings. The van der Waals surface area contributed by atoms with Crippen molar-refractivity contribution in [3.8, 4) is 0 Å². The number of esters is 1. The fourth-order valence-electron chi connectivity index (χ4n) is 3.23. The SMILES string of the molecule is COC(=O)c1ccccc1/C=N\N1C(=O)NC2(CCCCC2)C1=O. The van der Waals surface area contributed by atoms with E-state index in [0.717, 1.165) is 24.3 Å². The van der Waals surface area contributed by atoms with Crippen LogP contribution in [0.1, 0.15) is 48.0 Å². The van der Waals surface area contributed by atoms with Crippen LogP contribution in [0.4, 0.5) is 4.79 Å². The summed E-state index contributed by atoms with van der Waals surface area (Å²) in [5, 5.41) is 7.67. The van der Waals surface area contributed by atoms with E-state index in [9.17, 15) is 14.4 Å². The van der Waals surface area contributed by atoms with Crippen molar-refractivity contribution in [3.63, 3.8) is 0 Å². The number of rotatable bonds is 3. The highest BCUT2D eigenvalue weighted by molar-refractivity contribution is 6.08. The van der Waals surface area contributed by atoms with Crippen LogP contribution in [-0.4, -0.2) is 41.8 Å². The molecule has 1 saturated carbocycles. The predicted molar refractivity (Wildman–Crippen MR) is 86.6 cm³/mol. The van der Waals surface area contributed by atoms with Crippen LogP contribution < -0.4 is 5.32 Å². The minimum absolute atomic E-state index is 0.320. The van der Waals surface area contributed by atoms with Crippen molar-refractivity contribution in [1.82, 2.24) is 10.3 Å². The minimum Gasteiger partial charge on any atom is -0.465 e. The Bertz CT molecular complexity index is 708. The molecule has 0 aromatic heterocycles. The summed E-state index contributed by atoms with van der Waals surface area (Å²) in [7, 11) is 1.29. The fraction of sp³-hybridized carbons (Fsp3) is 0.412. The lowest BCUT2D eigenvalue weighted by molar-refractivity contribution is -0.132. The Morgan fingerprint density at radius 2 is 1.96 bits per heavy atom. The Morgan fingerprint density at radius 1 is 1.25 bits per heavy atom. The first kappa shape index (κ1) is 16.2. The van der Waals surface area contributed by atoms with Crippen molar-refractivity contribution in [2.45, 2.75) is 37.6 Å². The lowest BCUT2D eigenvalue weighted by Crippen LogP contribution is -2.48. The smallest absolute Gasteiger partial charge is 0.346 e. The molecule has 2 fully saturated rings. The normalized spacial score (nSPS) is 19.8. The van der Waals surface area contributed by atoms with Crippen LogP contribution in [0, 0.1) is 0 Å². The standard InChI is InChI=1S/C17H19N3O4/c1-24-14(21)13-8-4-3-7-12(13)11-18-20-15(22)17(19-16(20)23)9-5-2-6-10-17/h3-4,7-8,11H,2,5-6,9-10H2,1H3,(H,19,23)/b18-11-. The number of ether oxygens (including phenoxy) is 1. The number of amides is 3. The van der Waals surface area contributed by atoms with Gasteiger partial charge in [-0.05, 0) is 18.9 Å². The average molecular weight is 329 g/mol. The third kappa shape index (κ3) is 2.77. The van der Waals surface area contributed by atoms with E-state index in [1.54, 1.807) is 24.3 Å². The molecule has 3 amide bonds. The van der Waals surface area contributed by atoms with Gasteiger partial charge in [0.2, 0.25) is 0 Å². The maximum Gasteiger partial charge on any atom is 0.346 e. The molecule has 0 bridgehead atoms. The van der Waals surface area contributed by atoms with E-state index in [2.05, 4.69) is 10.4 Å². The lowest BCUT2D eigenvalue weighted by Gasteiger charge is -2.29. The lowest BCUT2D eigenvalue weighted by atomic mass is 9.82. The summed E-state index contributed by atoms with van der Waals surface area (Å²) < 4.78 is 4.72. The van der Waals surface area contributed by atoms with E-state index in [1.165, 1.54) is 13.3 Å². The van der Waals surface area contributed by atoms with Crippen molar-refractivity contribution in [2.75, 3.05) is 7.11 Å². The number of methoxy groups -OCH3 is 1. The molecule has 7 heteroatoms. The fourth-order valence-corrected chi connectivity index (χ4v) is 3.23. The summed E-state index contributed by atoms with van der Waals surface area (Å²) in [5.41, 5.74) is -0.00752. The number of urea groups is 1. The van der Waals surface area contributed by atoms with Gasteiger partial charge in [0.05, 0.1) is 18.9 Å². The molecule has 126 valence electrons. The number of benzene rings is 1. The first-order valence-electron chi connectivity index (χ1n) is 7.95. The number of carbonyl (C=O) groups excluding carboxylic acids is 3. The maximum atomic E-state index is 12.6. The molecule has 1 heterocycles. The second-order valence-corrected chi connectivity index (χ2v) is 6.01. The molecular weight excluding hydrogens is 310 g/mol. The van der Waals surface area contributed by atoms with Gasteiger partial charge in [0.1, 0.15) is 5.54 Å². The Morgan fingerprint density at radius 3 is 2.67 bits per heavy atom. The summed E-state index contributed by atoms with van der Waals surface area (Å²) >= 11 is 0. The van der Waals surface area contributed by atoms with Gasteiger partial charge in [-0.15, -0.1) is 5.01 Å². The minimum atomic E-state index is -0.811. The van der Waals surface area contributed by atoms with Gasteiger partial charge in [-0.1, -0.05) is 37.5 Å². The molecule has 7 nitrogen and oxygen atoms in total. The number of imide groups is 1. The zero-order valence-electron chi connectivity index (χ0n) is 13.4.